The Labute approximate surface area is 356 Å². The molecule has 0 aliphatic carbocycles. The van der Waals surface area contributed by atoms with Gasteiger partial charge in [-0.1, -0.05) is 165 Å². The highest BCUT2D eigenvalue weighted by Crippen LogP contribution is 2.13. The van der Waals surface area contributed by atoms with E-state index < -0.39 is 18.1 Å². The Kier molecular flexibility index (Phi) is 39.1. The number of allylic oxidation sites excluding steroid dienone is 8. The van der Waals surface area contributed by atoms with Crippen molar-refractivity contribution in [2.24, 2.45) is 0 Å². The third-order valence-corrected chi connectivity index (χ3v) is 10.5. The molecule has 0 aliphatic heterocycles. The molecule has 0 saturated carbocycles. The number of carboxylic acid groups (broad SMARTS) is 1. The Morgan fingerprint density at radius 3 is 1.31 bits per heavy atom. The van der Waals surface area contributed by atoms with Gasteiger partial charge < -0.3 is 23.8 Å². The number of esters is 2. The minimum absolute atomic E-state index is 0.0458. The molecule has 0 aromatic heterocycles. The summed E-state index contributed by atoms with van der Waals surface area (Å²) in [6.45, 7) is 4.69. The first-order chi connectivity index (χ1) is 28.1. The number of hydrogen-bond acceptors (Lipinski definition) is 6. The summed E-state index contributed by atoms with van der Waals surface area (Å²) in [4.78, 5) is 37.0. The topological polar surface area (TPSA) is 99.1 Å². The third-order valence-electron chi connectivity index (χ3n) is 10.5. The molecule has 2 atom stereocenters. The second kappa shape index (κ2) is 41.0. The molecule has 1 N–H and O–H groups in total. The van der Waals surface area contributed by atoms with Crippen LogP contribution in [-0.2, 0) is 28.6 Å². The number of rotatable bonds is 42. The van der Waals surface area contributed by atoms with E-state index in [0.29, 0.717) is 19.3 Å². The quantitative estimate of drug-likeness (QED) is 0.0283. The van der Waals surface area contributed by atoms with Gasteiger partial charge in [-0.2, -0.15) is 0 Å². The van der Waals surface area contributed by atoms with Gasteiger partial charge in [0, 0.05) is 19.3 Å². The smallest absolute Gasteiger partial charge is 0.362 e. The average molecular weight is 817 g/mol. The molecule has 0 amide bonds. The summed E-state index contributed by atoms with van der Waals surface area (Å²) >= 11 is 0. The zero-order chi connectivity index (χ0) is 42.8. The van der Waals surface area contributed by atoms with E-state index in [1.165, 1.54) is 96.3 Å². The van der Waals surface area contributed by atoms with Gasteiger partial charge in [0.25, 0.3) is 0 Å². The molecular formula is C50H90NO7+. The summed E-state index contributed by atoms with van der Waals surface area (Å²) in [6.07, 6.45) is 48.7. The number of hydrogen-bond donors (Lipinski definition) is 1. The van der Waals surface area contributed by atoms with Crippen LogP contribution in [-0.4, -0.2) is 80.6 Å². The second-order valence-corrected chi connectivity index (χ2v) is 17.1. The van der Waals surface area contributed by atoms with E-state index >= 15 is 0 Å². The van der Waals surface area contributed by atoms with Gasteiger partial charge in [0.05, 0.1) is 34.4 Å². The molecule has 336 valence electrons. The Bertz CT molecular complexity index is 1090. The molecule has 0 bridgehead atoms. The van der Waals surface area contributed by atoms with Crippen LogP contribution in [0, 0.1) is 0 Å². The number of carbonyl (C=O) groups excluding carboxylic acids is 2. The summed E-state index contributed by atoms with van der Waals surface area (Å²) in [5.41, 5.74) is 0. The van der Waals surface area contributed by atoms with Crippen LogP contribution in [0.3, 0.4) is 0 Å². The molecule has 0 fully saturated rings. The predicted molar refractivity (Wildman–Crippen MR) is 243 cm³/mol. The number of nitrogens with zero attached hydrogens (tertiary/aromatic N) is 1. The van der Waals surface area contributed by atoms with Gasteiger partial charge in [-0.25, -0.2) is 4.79 Å². The van der Waals surface area contributed by atoms with Crippen LogP contribution in [0.4, 0.5) is 0 Å². The van der Waals surface area contributed by atoms with Crippen molar-refractivity contribution in [1.82, 2.24) is 0 Å². The SMILES string of the molecule is CCCCCCCCC/C=C/C=C/CCCCCCCC(=O)OC(COCCC(C(=O)O)[N+](C)(C)C)COC(=O)CCCCC/C=C/C=C/CCCCCCCCC. The Morgan fingerprint density at radius 2 is 0.897 bits per heavy atom. The first-order valence-corrected chi connectivity index (χ1v) is 23.7. The maximum absolute atomic E-state index is 12.7. The van der Waals surface area contributed by atoms with Crippen LogP contribution in [0.15, 0.2) is 48.6 Å². The average Bonchev–Trinajstić information content (AvgIpc) is 3.18. The number of carbonyl (C=O) groups is 3. The van der Waals surface area contributed by atoms with Crippen molar-refractivity contribution in [2.75, 3.05) is 41.0 Å². The summed E-state index contributed by atoms with van der Waals surface area (Å²) in [5, 5.41) is 9.63. The van der Waals surface area contributed by atoms with E-state index in [9.17, 15) is 19.5 Å². The Hall–Kier alpha value is -2.71. The summed E-state index contributed by atoms with van der Waals surface area (Å²) in [5.74, 6) is -1.52. The summed E-state index contributed by atoms with van der Waals surface area (Å²) in [6, 6.07) is -0.622. The molecule has 0 rings (SSSR count). The maximum atomic E-state index is 12.7. The normalized spacial score (nSPS) is 13.3. The van der Waals surface area contributed by atoms with Crippen molar-refractivity contribution < 1.29 is 38.2 Å². The van der Waals surface area contributed by atoms with E-state index in [-0.39, 0.29) is 36.2 Å². The number of aliphatic carboxylic acids is 1. The van der Waals surface area contributed by atoms with Crippen molar-refractivity contribution in [3.63, 3.8) is 0 Å². The Morgan fingerprint density at radius 1 is 0.517 bits per heavy atom. The summed E-state index contributed by atoms with van der Waals surface area (Å²) < 4.78 is 17.3. The van der Waals surface area contributed by atoms with Gasteiger partial charge in [0.2, 0.25) is 0 Å². The van der Waals surface area contributed by atoms with Crippen LogP contribution < -0.4 is 0 Å². The largest absolute Gasteiger partial charge is 0.477 e. The van der Waals surface area contributed by atoms with Crippen LogP contribution in [0.2, 0.25) is 0 Å². The third kappa shape index (κ3) is 38.8. The lowest BCUT2D eigenvalue weighted by molar-refractivity contribution is -0.887. The van der Waals surface area contributed by atoms with Crippen molar-refractivity contribution in [2.45, 2.75) is 212 Å². The van der Waals surface area contributed by atoms with Gasteiger partial charge in [0.1, 0.15) is 6.61 Å². The van der Waals surface area contributed by atoms with E-state index in [2.05, 4.69) is 62.5 Å². The van der Waals surface area contributed by atoms with E-state index in [1.807, 2.05) is 21.1 Å². The summed E-state index contributed by atoms with van der Waals surface area (Å²) in [7, 11) is 5.51. The fourth-order valence-electron chi connectivity index (χ4n) is 6.78. The molecule has 0 aromatic rings. The van der Waals surface area contributed by atoms with Crippen molar-refractivity contribution >= 4 is 17.9 Å². The van der Waals surface area contributed by atoms with Crippen LogP contribution in [0.1, 0.15) is 200 Å². The van der Waals surface area contributed by atoms with Crippen molar-refractivity contribution in [3.8, 4) is 0 Å². The zero-order valence-electron chi connectivity index (χ0n) is 38.2. The Balaban J connectivity index is 4.39. The lowest BCUT2D eigenvalue weighted by Gasteiger charge is -2.31. The van der Waals surface area contributed by atoms with Crippen LogP contribution in [0.25, 0.3) is 0 Å². The first-order valence-electron chi connectivity index (χ1n) is 23.7. The number of unbranched alkanes of at least 4 members (excludes halogenated alkanes) is 22. The fourth-order valence-corrected chi connectivity index (χ4v) is 6.78. The lowest BCUT2D eigenvalue weighted by Crippen LogP contribution is -2.50. The van der Waals surface area contributed by atoms with Crippen LogP contribution in [0.5, 0.6) is 0 Å². The van der Waals surface area contributed by atoms with Gasteiger partial charge >= 0.3 is 17.9 Å². The molecule has 0 saturated heterocycles. The predicted octanol–water partition coefficient (Wildman–Crippen LogP) is 13.2. The first kappa shape index (κ1) is 55.3. The highest BCUT2D eigenvalue weighted by molar-refractivity contribution is 5.72. The maximum Gasteiger partial charge on any atom is 0.362 e. The molecule has 58 heavy (non-hydrogen) atoms. The van der Waals surface area contributed by atoms with Gasteiger partial charge in [-0.3, -0.25) is 9.59 Å². The number of likely N-dealkylation sites (N-methyl/N-ethyl adjacent to an activating group) is 1. The van der Waals surface area contributed by atoms with E-state index in [1.54, 1.807) is 0 Å². The van der Waals surface area contributed by atoms with Crippen molar-refractivity contribution in [1.29, 1.82) is 0 Å². The number of quaternary nitrogens is 1. The molecule has 0 heterocycles. The minimum atomic E-state index is -0.882. The molecule has 0 aromatic carbocycles. The van der Waals surface area contributed by atoms with E-state index in [0.717, 1.165) is 70.6 Å². The molecule has 0 aliphatic rings. The number of carboxylic acids is 1. The van der Waals surface area contributed by atoms with E-state index in [4.69, 9.17) is 14.2 Å². The molecular weight excluding hydrogens is 727 g/mol. The molecule has 0 radical (unpaired) electrons. The molecule has 0 spiro atoms. The van der Waals surface area contributed by atoms with Crippen molar-refractivity contribution in [3.05, 3.63) is 48.6 Å². The number of ether oxygens (including phenoxy) is 3. The zero-order valence-corrected chi connectivity index (χ0v) is 38.2. The fraction of sp³-hybridized carbons (Fsp3) is 0.780. The molecule has 8 nitrogen and oxygen atoms in total. The van der Waals surface area contributed by atoms with Gasteiger partial charge in [-0.05, 0) is 64.2 Å². The van der Waals surface area contributed by atoms with Gasteiger partial charge in [0.15, 0.2) is 12.1 Å². The highest BCUT2D eigenvalue weighted by Gasteiger charge is 2.31. The lowest BCUT2D eigenvalue weighted by atomic mass is 10.1. The van der Waals surface area contributed by atoms with Crippen LogP contribution >= 0.6 is 0 Å². The highest BCUT2D eigenvalue weighted by atomic mass is 16.6. The van der Waals surface area contributed by atoms with Gasteiger partial charge in [-0.15, -0.1) is 0 Å². The molecule has 8 heteroatoms. The minimum Gasteiger partial charge on any atom is -0.477 e. The second-order valence-electron chi connectivity index (χ2n) is 17.1. The monoisotopic (exact) mass is 817 g/mol. The molecule has 2 unspecified atom stereocenters. The standard InChI is InChI=1S/C50H89NO7/c1-6-8-10-12-14-16-18-20-22-24-25-27-29-31-33-35-37-39-41-49(53)58-46(44-56-43-42-47(50(54)55)51(3,4)5)45-57-48(52)40-38-36-34-32-30-28-26-23-21-19-17-15-13-11-9-7-2/h22-28,30,46-47H,6-21,29,31-45H2,1-5H3/p+1/b24-22+,26-23+,27-25+,30-28+.